The Kier molecular flexibility index (Phi) is 4.87. The number of aromatic nitrogens is 1. The molecule has 2 fully saturated rings. The van der Waals surface area contributed by atoms with Gasteiger partial charge in [-0.2, -0.15) is 0 Å². The lowest BCUT2D eigenvalue weighted by Gasteiger charge is -2.25. The van der Waals surface area contributed by atoms with Crippen LogP contribution in [0.25, 0.3) is 0 Å². The normalized spacial score (nSPS) is 21.3. The number of hydrogen-bond acceptors (Lipinski definition) is 5. The van der Waals surface area contributed by atoms with E-state index in [1.54, 1.807) is 6.07 Å². The SMILES string of the molecule is O=C(NC1CCCCC1)c1cc(CN2CCOCC2)on1. The number of morpholine rings is 1. The minimum absolute atomic E-state index is 0.112. The molecule has 0 radical (unpaired) electrons. The third-order valence-corrected chi connectivity index (χ3v) is 4.22. The lowest BCUT2D eigenvalue weighted by atomic mass is 9.95. The van der Waals surface area contributed by atoms with Gasteiger partial charge in [-0.25, -0.2) is 0 Å². The summed E-state index contributed by atoms with van der Waals surface area (Å²) in [6, 6.07) is 2.05. The van der Waals surface area contributed by atoms with Crippen molar-refractivity contribution in [3.63, 3.8) is 0 Å². The van der Waals surface area contributed by atoms with Crippen LogP contribution in [0.1, 0.15) is 48.4 Å². The van der Waals surface area contributed by atoms with Gasteiger partial charge in [0.2, 0.25) is 0 Å². The highest BCUT2D eigenvalue weighted by Crippen LogP contribution is 2.18. The van der Waals surface area contributed by atoms with Crippen molar-refractivity contribution in [2.24, 2.45) is 0 Å². The van der Waals surface area contributed by atoms with Crippen molar-refractivity contribution in [2.45, 2.75) is 44.7 Å². The molecular weight excluding hydrogens is 270 g/mol. The van der Waals surface area contributed by atoms with E-state index >= 15 is 0 Å². The smallest absolute Gasteiger partial charge is 0.273 e. The number of carbonyl (C=O) groups is 1. The fraction of sp³-hybridized carbons (Fsp3) is 0.733. The van der Waals surface area contributed by atoms with Crippen molar-refractivity contribution >= 4 is 5.91 Å². The molecule has 0 bridgehead atoms. The van der Waals surface area contributed by atoms with Crippen LogP contribution >= 0.6 is 0 Å². The van der Waals surface area contributed by atoms with E-state index < -0.39 is 0 Å². The number of rotatable bonds is 4. The van der Waals surface area contributed by atoms with E-state index in [0.717, 1.165) is 44.9 Å². The summed E-state index contributed by atoms with van der Waals surface area (Å²) >= 11 is 0. The largest absolute Gasteiger partial charge is 0.379 e. The van der Waals surface area contributed by atoms with Crippen LogP contribution < -0.4 is 5.32 Å². The Morgan fingerprint density at radius 3 is 2.81 bits per heavy atom. The molecule has 1 aromatic rings. The van der Waals surface area contributed by atoms with Gasteiger partial charge in [-0.15, -0.1) is 0 Å². The number of ether oxygens (including phenoxy) is 1. The lowest BCUT2D eigenvalue weighted by molar-refractivity contribution is 0.0305. The Bertz CT molecular complexity index is 462. The maximum atomic E-state index is 12.2. The summed E-state index contributed by atoms with van der Waals surface area (Å²) in [4.78, 5) is 14.4. The second kappa shape index (κ2) is 7.04. The van der Waals surface area contributed by atoms with Gasteiger partial charge in [0.15, 0.2) is 11.5 Å². The molecule has 0 atom stereocenters. The van der Waals surface area contributed by atoms with E-state index in [2.05, 4.69) is 15.4 Å². The zero-order valence-corrected chi connectivity index (χ0v) is 12.3. The topological polar surface area (TPSA) is 67.6 Å². The molecule has 6 nitrogen and oxygen atoms in total. The standard InChI is InChI=1S/C15H23N3O3/c19-15(16-12-4-2-1-3-5-12)14-10-13(21-17-14)11-18-6-8-20-9-7-18/h10,12H,1-9,11H2,(H,16,19). The first-order valence-electron chi connectivity index (χ1n) is 7.88. The molecule has 0 unspecified atom stereocenters. The number of amides is 1. The van der Waals surface area contributed by atoms with Crippen molar-refractivity contribution in [3.8, 4) is 0 Å². The molecule has 1 N–H and O–H groups in total. The van der Waals surface area contributed by atoms with Crippen LogP contribution in [0.5, 0.6) is 0 Å². The Hall–Kier alpha value is -1.40. The average molecular weight is 293 g/mol. The first kappa shape index (κ1) is 14.5. The molecule has 1 aliphatic heterocycles. The highest BCUT2D eigenvalue weighted by molar-refractivity contribution is 5.92. The van der Waals surface area contributed by atoms with E-state index in [1.807, 2.05) is 0 Å². The zero-order valence-electron chi connectivity index (χ0n) is 12.3. The second-order valence-electron chi connectivity index (χ2n) is 5.88. The second-order valence-corrected chi connectivity index (χ2v) is 5.88. The molecule has 1 amide bonds. The highest BCUT2D eigenvalue weighted by atomic mass is 16.5. The van der Waals surface area contributed by atoms with Crippen molar-refractivity contribution in [1.82, 2.24) is 15.4 Å². The van der Waals surface area contributed by atoms with E-state index in [1.165, 1.54) is 19.3 Å². The third kappa shape index (κ3) is 4.04. The number of nitrogens with zero attached hydrogens (tertiary/aromatic N) is 2. The number of nitrogens with one attached hydrogen (secondary N) is 1. The zero-order chi connectivity index (χ0) is 14.5. The van der Waals surface area contributed by atoms with Crippen LogP contribution in [0.4, 0.5) is 0 Å². The first-order chi connectivity index (χ1) is 10.3. The predicted octanol–water partition coefficient (Wildman–Crippen LogP) is 1.57. The van der Waals surface area contributed by atoms with Crippen LogP contribution in [-0.4, -0.2) is 48.3 Å². The predicted molar refractivity (Wildman–Crippen MR) is 76.9 cm³/mol. The summed E-state index contributed by atoms with van der Waals surface area (Å²) in [6.07, 6.45) is 5.83. The number of hydrogen-bond donors (Lipinski definition) is 1. The number of carbonyl (C=O) groups excluding carboxylic acids is 1. The van der Waals surface area contributed by atoms with Crippen LogP contribution in [0, 0.1) is 0 Å². The molecule has 2 heterocycles. The Balaban J connectivity index is 1.52. The van der Waals surface area contributed by atoms with Crippen LogP contribution in [-0.2, 0) is 11.3 Å². The quantitative estimate of drug-likeness (QED) is 0.912. The molecule has 3 rings (SSSR count). The summed E-state index contributed by atoms with van der Waals surface area (Å²) in [5.74, 6) is 0.629. The molecule has 1 saturated carbocycles. The van der Waals surface area contributed by atoms with Crippen molar-refractivity contribution in [3.05, 3.63) is 17.5 Å². The fourth-order valence-electron chi connectivity index (χ4n) is 2.98. The van der Waals surface area contributed by atoms with E-state index in [-0.39, 0.29) is 5.91 Å². The van der Waals surface area contributed by atoms with Gasteiger partial charge < -0.3 is 14.6 Å². The summed E-state index contributed by atoms with van der Waals surface area (Å²) in [5.41, 5.74) is 0.392. The molecule has 21 heavy (non-hydrogen) atoms. The maximum Gasteiger partial charge on any atom is 0.273 e. The molecule has 116 valence electrons. The van der Waals surface area contributed by atoms with Gasteiger partial charge in [0.1, 0.15) is 0 Å². The van der Waals surface area contributed by atoms with Crippen molar-refractivity contribution < 1.29 is 14.1 Å². The lowest BCUT2D eigenvalue weighted by Crippen LogP contribution is -2.36. The van der Waals surface area contributed by atoms with Gasteiger partial charge in [-0.05, 0) is 12.8 Å². The summed E-state index contributed by atoms with van der Waals surface area (Å²) < 4.78 is 10.6. The van der Waals surface area contributed by atoms with Crippen LogP contribution in [0.3, 0.4) is 0 Å². The molecule has 1 aromatic heterocycles. The highest BCUT2D eigenvalue weighted by Gasteiger charge is 2.20. The molecule has 1 saturated heterocycles. The van der Waals surface area contributed by atoms with E-state index in [4.69, 9.17) is 9.26 Å². The fourth-order valence-corrected chi connectivity index (χ4v) is 2.98. The molecule has 0 aromatic carbocycles. The minimum atomic E-state index is -0.112. The van der Waals surface area contributed by atoms with Gasteiger partial charge in [-0.1, -0.05) is 24.4 Å². The maximum absolute atomic E-state index is 12.2. The first-order valence-corrected chi connectivity index (χ1v) is 7.88. The van der Waals surface area contributed by atoms with Gasteiger partial charge in [0.05, 0.1) is 19.8 Å². The summed E-state index contributed by atoms with van der Waals surface area (Å²) in [6.45, 7) is 3.98. The third-order valence-electron chi connectivity index (χ3n) is 4.22. The minimum Gasteiger partial charge on any atom is -0.379 e. The Morgan fingerprint density at radius 2 is 2.05 bits per heavy atom. The van der Waals surface area contributed by atoms with E-state index in [9.17, 15) is 4.79 Å². The molecule has 1 aliphatic carbocycles. The van der Waals surface area contributed by atoms with Gasteiger partial charge >= 0.3 is 0 Å². The van der Waals surface area contributed by atoms with Gasteiger partial charge in [-0.3, -0.25) is 9.69 Å². The summed E-state index contributed by atoms with van der Waals surface area (Å²) in [7, 11) is 0. The molecule has 6 heteroatoms. The van der Waals surface area contributed by atoms with Crippen LogP contribution in [0.15, 0.2) is 10.6 Å². The van der Waals surface area contributed by atoms with Gasteiger partial charge in [0, 0.05) is 25.2 Å². The van der Waals surface area contributed by atoms with Crippen molar-refractivity contribution in [2.75, 3.05) is 26.3 Å². The monoisotopic (exact) mass is 293 g/mol. The Labute approximate surface area is 124 Å². The van der Waals surface area contributed by atoms with E-state index in [0.29, 0.717) is 18.3 Å². The molecule has 2 aliphatic rings. The Morgan fingerprint density at radius 1 is 1.29 bits per heavy atom. The summed E-state index contributed by atoms with van der Waals surface area (Å²) in [5, 5.41) is 6.96. The van der Waals surface area contributed by atoms with Gasteiger partial charge in [0.25, 0.3) is 5.91 Å². The van der Waals surface area contributed by atoms with Crippen molar-refractivity contribution in [1.29, 1.82) is 0 Å². The molecule has 0 spiro atoms. The van der Waals surface area contributed by atoms with Crippen LogP contribution in [0.2, 0.25) is 0 Å². The molecular formula is C15H23N3O3. The average Bonchev–Trinajstić information content (AvgIpc) is 2.98.